The normalized spacial score (nSPS) is 26.5. The van der Waals surface area contributed by atoms with Crippen LogP contribution in [0.5, 0.6) is 5.75 Å². The third-order valence-electron chi connectivity index (χ3n) is 9.21. The number of carbonyl (C=O) groups excluding carboxylic acids is 1. The first-order chi connectivity index (χ1) is 21.2. The van der Waals surface area contributed by atoms with Crippen molar-refractivity contribution >= 4 is 16.0 Å². The van der Waals surface area contributed by atoms with Crippen molar-refractivity contribution in [2.24, 2.45) is 23.7 Å². The molecule has 9 nitrogen and oxygen atoms in total. The number of sulfonamides is 1. The topological polar surface area (TPSA) is 112 Å². The molecule has 3 fully saturated rings. The van der Waals surface area contributed by atoms with E-state index in [2.05, 4.69) is 0 Å². The number of methoxy groups -OCH3 is 1. The molecule has 2 heterocycles. The molecule has 44 heavy (non-hydrogen) atoms. The second kappa shape index (κ2) is 14.7. The van der Waals surface area contributed by atoms with Crippen LogP contribution in [0.3, 0.4) is 0 Å². The molecule has 3 aliphatic rings. The van der Waals surface area contributed by atoms with Gasteiger partial charge in [-0.1, -0.05) is 44.2 Å². The summed E-state index contributed by atoms with van der Waals surface area (Å²) in [7, 11) is -2.39. The summed E-state index contributed by atoms with van der Waals surface area (Å²) in [6.45, 7) is 4.66. The molecule has 0 spiro atoms. The van der Waals surface area contributed by atoms with Crippen LogP contribution < -0.4 is 4.74 Å². The van der Waals surface area contributed by atoms with Crippen molar-refractivity contribution < 1.29 is 37.3 Å². The van der Waals surface area contributed by atoms with Gasteiger partial charge in [0, 0.05) is 37.5 Å². The summed E-state index contributed by atoms with van der Waals surface area (Å²) in [5.74, 6) is 0.00543. The molecule has 2 aromatic carbocycles. The van der Waals surface area contributed by atoms with Gasteiger partial charge in [-0.15, -0.1) is 0 Å². The van der Waals surface area contributed by atoms with Crippen LogP contribution in [0.25, 0.3) is 0 Å². The third-order valence-corrected chi connectivity index (χ3v) is 11.1. The Kier molecular flexibility index (Phi) is 11.0. The number of fused-ring (bicyclic) bond motifs is 3. The van der Waals surface area contributed by atoms with E-state index in [1.807, 2.05) is 44.2 Å². The van der Waals surface area contributed by atoms with Crippen LogP contribution in [0.15, 0.2) is 59.5 Å². The molecule has 10 heteroatoms. The molecule has 2 aromatic rings. The fraction of sp³-hybridized carbons (Fsp3) is 0.618. The molecule has 242 valence electrons. The van der Waals surface area contributed by atoms with E-state index in [-0.39, 0.29) is 66.6 Å². The van der Waals surface area contributed by atoms with Crippen molar-refractivity contribution in [1.29, 1.82) is 0 Å². The molecule has 1 N–H and O–H groups in total. The van der Waals surface area contributed by atoms with E-state index in [4.69, 9.17) is 18.9 Å². The van der Waals surface area contributed by atoms with Gasteiger partial charge >= 0.3 is 5.97 Å². The van der Waals surface area contributed by atoms with E-state index in [1.54, 1.807) is 12.1 Å². The minimum atomic E-state index is -3.92. The zero-order valence-corrected chi connectivity index (χ0v) is 26.9. The van der Waals surface area contributed by atoms with E-state index in [1.165, 1.54) is 23.5 Å². The van der Waals surface area contributed by atoms with Crippen molar-refractivity contribution in [3.63, 3.8) is 0 Å². The lowest BCUT2D eigenvalue weighted by Crippen LogP contribution is -2.44. The first-order valence-electron chi connectivity index (χ1n) is 16.0. The van der Waals surface area contributed by atoms with Gasteiger partial charge in [-0.05, 0) is 74.3 Å². The number of rotatable bonds is 13. The quantitative estimate of drug-likeness (QED) is 0.314. The highest BCUT2D eigenvalue weighted by atomic mass is 32.2. The predicted octanol–water partition coefficient (Wildman–Crippen LogP) is 4.82. The number of carbonyl (C=O) groups is 1. The Morgan fingerprint density at radius 2 is 1.77 bits per heavy atom. The summed E-state index contributed by atoms with van der Waals surface area (Å²) < 4.78 is 52.3. The lowest BCUT2D eigenvalue weighted by Gasteiger charge is -2.36. The fourth-order valence-electron chi connectivity index (χ4n) is 7.08. The van der Waals surface area contributed by atoms with Crippen molar-refractivity contribution in [2.45, 2.75) is 88.3 Å². The van der Waals surface area contributed by atoms with Crippen LogP contribution in [0.1, 0.15) is 57.9 Å². The number of hydrogen-bond donors (Lipinski definition) is 1. The monoisotopic (exact) mass is 629 g/mol. The number of aliphatic hydroxyl groups is 1. The van der Waals surface area contributed by atoms with Gasteiger partial charge in [0.1, 0.15) is 11.9 Å². The zero-order chi connectivity index (χ0) is 31.3. The summed E-state index contributed by atoms with van der Waals surface area (Å²) >= 11 is 0. The minimum Gasteiger partial charge on any atom is -0.497 e. The van der Waals surface area contributed by atoms with Gasteiger partial charge in [-0.3, -0.25) is 4.79 Å². The number of benzene rings is 2. The second-order valence-corrected chi connectivity index (χ2v) is 14.8. The van der Waals surface area contributed by atoms with Crippen LogP contribution in [-0.2, 0) is 35.4 Å². The molecule has 7 atom stereocenters. The molecule has 1 aliphatic carbocycles. The average molecular weight is 630 g/mol. The van der Waals surface area contributed by atoms with Crippen LogP contribution in [0.2, 0.25) is 0 Å². The van der Waals surface area contributed by atoms with Gasteiger partial charge in [0.05, 0.1) is 30.6 Å². The Morgan fingerprint density at radius 1 is 1.02 bits per heavy atom. The van der Waals surface area contributed by atoms with Crippen LogP contribution in [0.4, 0.5) is 0 Å². The molecule has 5 rings (SSSR count). The number of nitrogens with zero attached hydrogens (tertiary/aromatic N) is 1. The molecule has 0 radical (unpaired) electrons. The Balaban J connectivity index is 1.32. The maximum Gasteiger partial charge on any atom is 0.306 e. The molecule has 2 aliphatic heterocycles. The highest BCUT2D eigenvalue weighted by Gasteiger charge is 2.52. The minimum absolute atomic E-state index is 0.0203. The standard InChI is InChI=1S/C34H47NO8S/c1-23(2)21-35(44(38,39)27-16-14-26(40-3)15-17-27)22-29(36)25(19-24-9-5-4-6-10-24)20-32(37)42-30-12-7-13-31-33(30)28-11-8-18-41-34(28)43-31/h4-6,9-10,14-17,23,25,28-31,33-34,36H,7-8,11-13,18-22H2,1-3H3/t25-,28?,29-,30?,31?,33?,34?/m1/s1. The molecule has 0 amide bonds. The van der Waals surface area contributed by atoms with Gasteiger partial charge in [-0.25, -0.2) is 8.42 Å². The Morgan fingerprint density at radius 3 is 2.48 bits per heavy atom. The molecule has 0 aromatic heterocycles. The van der Waals surface area contributed by atoms with E-state index in [9.17, 15) is 18.3 Å². The van der Waals surface area contributed by atoms with E-state index < -0.39 is 22.0 Å². The van der Waals surface area contributed by atoms with E-state index >= 15 is 0 Å². The highest BCUT2D eigenvalue weighted by molar-refractivity contribution is 7.89. The highest BCUT2D eigenvalue weighted by Crippen LogP contribution is 2.47. The van der Waals surface area contributed by atoms with Gasteiger partial charge in [0.25, 0.3) is 0 Å². The van der Waals surface area contributed by atoms with Crippen molar-refractivity contribution in [1.82, 2.24) is 4.31 Å². The molecular formula is C34H47NO8S. The first-order valence-corrected chi connectivity index (χ1v) is 17.4. The maximum absolute atomic E-state index is 13.8. The number of aliphatic hydroxyl groups excluding tert-OH is 1. The molecule has 1 saturated carbocycles. The summed E-state index contributed by atoms with van der Waals surface area (Å²) in [5.41, 5.74) is 0.960. The summed E-state index contributed by atoms with van der Waals surface area (Å²) in [6, 6.07) is 15.9. The number of esters is 1. The Labute approximate surface area is 261 Å². The fourth-order valence-corrected chi connectivity index (χ4v) is 8.70. The summed E-state index contributed by atoms with van der Waals surface area (Å²) in [6.07, 6.45) is 3.49. The molecule has 5 unspecified atom stereocenters. The van der Waals surface area contributed by atoms with Crippen molar-refractivity contribution in [3.8, 4) is 5.75 Å². The summed E-state index contributed by atoms with van der Waals surface area (Å²) in [5, 5.41) is 11.6. The summed E-state index contributed by atoms with van der Waals surface area (Å²) in [4.78, 5) is 13.7. The van der Waals surface area contributed by atoms with Crippen molar-refractivity contribution in [3.05, 3.63) is 60.2 Å². The maximum atomic E-state index is 13.8. The second-order valence-electron chi connectivity index (χ2n) is 12.9. The SMILES string of the molecule is COc1ccc(S(=O)(=O)N(CC(C)C)C[C@@H](O)[C@@H](CC(=O)OC2CCCC3OC4OCCCC4C23)Cc2ccccc2)cc1. The van der Waals surface area contributed by atoms with Gasteiger partial charge in [0.15, 0.2) is 6.29 Å². The van der Waals surface area contributed by atoms with Crippen LogP contribution in [-0.4, -0.2) is 75.2 Å². The van der Waals surface area contributed by atoms with Crippen LogP contribution >= 0.6 is 0 Å². The largest absolute Gasteiger partial charge is 0.497 e. The van der Waals surface area contributed by atoms with Gasteiger partial charge in [-0.2, -0.15) is 4.31 Å². The Hall–Kier alpha value is -2.50. The van der Waals surface area contributed by atoms with E-state index in [0.717, 1.165) is 37.7 Å². The molecule has 0 bridgehead atoms. The smallest absolute Gasteiger partial charge is 0.306 e. The predicted molar refractivity (Wildman–Crippen MR) is 165 cm³/mol. The number of ether oxygens (including phenoxy) is 4. The van der Waals surface area contributed by atoms with Gasteiger partial charge in [0.2, 0.25) is 10.0 Å². The lowest BCUT2D eigenvalue weighted by atomic mass is 9.75. The number of hydrogen-bond acceptors (Lipinski definition) is 8. The van der Waals surface area contributed by atoms with E-state index in [0.29, 0.717) is 18.8 Å². The van der Waals surface area contributed by atoms with Gasteiger partial charge < -0.3 is 24.1 Å². The lowest BCUT2D eigenvalue weighted by molar-refractivity contribution is -0.167. The molecular weight excluding hydrogens is 582 g/mol. The first kappa shape index (κ1) is 32.9. The Bertz CT molecular complexity index is 1320. The van der Waals surface area contributed by atoms with Crippen LogP contribution in [0, 0.1) is 23.7 Å². The van der Waals surface area contributed by atoms with Crippen molar-refractivity contribution in [2.75, 3.05) is 26.8 Å². The average Bonchev–Trinajstić information content (AvgIpc) is 3.40. The molecule has 2 saturated heterocycles. The third kappa shape index (κ3) is 7.83. The zero-order valence-electron chi connectivity index (χ0n) is 26.0.